The monoisotopic (exact) mass is 304 g/mol. The molecule has 0 radical (unpaired) electrons. The van der Waals surface area contributed by atoms with Crippen LogP contribution in [0.25, 0.3) is 0 Å². The molecular weight excluding hydrogens is 270 g/mol. The third kappa shape index (κ3) is 14.1. The Kier molecular flexibility index (Phi) is 13.9. The van der Waals surface area contributed by atoms with Crippen molar-refractivity contribution in [3.8, 4) is 0 Å². The lowest BCUT2D eigenvalue weighted by molar-refractivity contribution is -0.137. The van der Waals surface area contributed by atoms with Gasteiger partial charge in [-0.2, -0.15) is 0 Å². The molecule has 21 heavy (non-hydrogen) atoms. The van der Waals surface area contributed by atoms with Crippen LogP contribution in [0.3, 0.4) is 0 Å². The van der Waals surface area contributed by atoms with Gasteiger partial charge >= 0.3 is 5.97 Å². The number of unbranched alkanes of at least 4 members (excludes halogenated alkanes) is 8. The smallest absolute Gasteiger partial charge is 0.303 e. The summed E-state index contributed by atoms with van der Waals surface area (Å²) in [4.78, 5) is 10.3. The molecule has 0 aliphatic carbocycles. The fraction of sp³-hybridized carbons (Fsp3) is 0.941. The lowest BCUT2D eigenvalue weighted by Gasteiger charge is -2.17. The summed E-state index contributed by atoms with van der Waals surface area (Å²) in [5.74, 6) is -0.729. The summed E-state index contributed by atoms with van der Waals surface area (Å²) in [5, 5.41) is 28.2. The number of rotatable bonds is 15. The summed E-state index contributed by atoms with van der Waals surface area (Å²) < 4.78 is 0. The van der Waals surface area contributed by atoms with Crippen LogP contribution in [0.1, 0.15) is 90.4 Å². The van der Waals surface area contributed by atoms with Crippen molar-refractivity contribution in [2.75, 3.05) is 0 Å². The largest absolute Gasteiger partial charge is 0.481 e. The molecule has 0 aromatic heterocycles. The Morgan fingerprint density at radius 1 is 0.905 bits per heavy atom. The Balaban J connectivity index is 3.38. The molecule has 4 heteroatoms. The highest BCUT2D eigenvalue weighted by atomic mass is 18.2. The van der Waals surface area contributed by atoms with Gasteiger partial charge in [0, 0.05) is 6.42 Å². The molecule has 0 rings (SSSR count). The number of aliphatic carboxylic acids is 1. The summed E-state index contributed by atoms with van der Waals surface area (Å²) in [6.45, 7) is 2.18. The van der Waals surface area contributed by atoms with Crippen LogP contribution in [0.4, 0.5) is 0 Å². The predicted octanol–water partition coefficient (Wildman–Crippen LogP) is 3.88. The molecule has 0 amide bonds. The van der Waals surface area contributed by atoms with Gasteiger partial charge in [-0.25, -0.2) is 0 Å². The summed E-state index contributed by atoms with van der Waals surface area (Å²) in [6.07, 6.45) is 10.8. The van der Waals surface area contributed by atoms with E-state index in [0.29, 0.717) is 12.8 Å². The lowest BCUT2D eigenvalue weighted by Crippen LogP contribution is -2.25. The Morgan fingerprint density at radius 2 is 1.43 bits per heavy atom. The zero-order chi connectivity index (χ0) is 15.9. The molecule has 4 nitrogen and oxygen atoms in total. The van der Waals surface area contributed by atoms with Gasteiger partial charge in [0.15, 0.2) is 0 Å². The van der Waals surface area contributed by atoms with E-state index in [1.807, 2.05) is 0 Å². The van der Waals surface area contributed by atoms with E-state index < -0.39 is 18.2 Å². The highest BCUT2D eigenvalue weighted by Gasteiger charge is 2.15. The summed E-state index contributed by atoms with van der Waals surface area (Å²) >= 11 is 0. The first kappa shape index (κ1) is 20.4. The second kappa shape index (κ2) is 14.3. The molecule has 0 aromatic carbocycles. The van der Waals surface area contributed by atoms with Crippen LogP contribution in [0, 0.1) is 0 Å². The van der Waals surface area contributed by atoms with Crippen molar-refractivity contribution in [3.05, 3.63) is 0 Å². The molecule has 0 saturated carbocycles. The molecular formula is C17H34O4. The number of hydrogen-bond donors (Lipinski definition) is 3. The zero-order valence-electron chi connectivity index (χ0n) is 13.6. The Hall–Kier alpha value is -0.610. The van der Waals surface area contributed by atoms with Crippen molar-refractivity contribution >= 4 is 5.97 Å². The number of aliphatic hydroxyl groups excluding tert-OH is 2. The topological polar surface area (TPSA) is 77.8 Å². The van der Waals surface area contributed by atoms with Gasteiger partial charge in [0.2, 0.25) is 0 Å². The van der Waals surface area contributed by atoms with Crippen LogP contribution in [0.5, 0.6) is 0 Å². The van der Waals surface area contributed by atoms with Gasteiger partial charge in [-0.15, -0.1) is 0 Å². The maximum atomic E-state index is 10.3. The molecule has 0 spiro atoms. The molecule has 0 bridgehead atoms. The molecule has 126 valence electrons. The van der Waals surface area contributed by atoms with Gasteiger partial charge in [0.05, 0.1) is 12.2 Å². The maximum absolute atomic E-state index is 10.3. The Morgan fingerprint density at radius 3 is 2.05 bits per heavy atom. The van der Waals surface area contributed by atoms with E-state index in [2.05, 4.69) is 6.92 Å². The van der Waals surface area contributed by atoms with Crippen molar-refractivity contribution in [2.45, 2.75) is 103 Å². The second-order valence-corrected chi connectivity index (χ2v) is 6.04. The van der Waals surface area contributed by atoms with Crippen LogP contribution >= 0.6 is 0 Å². The highest BCUT2D eigenvalue weighted by molar-refractivity contribution is 5.66. The number of carbonyl (C=O) groups is 1. The van der Waals surface area contributed by atoms with E-state index in [1.165, 1.54) is 19.3 Å². The minimum Gasteiger partial charge on any atom is -0.481 e. The average molecular weight is 304 g/mol. The van der Waals surface area contributed by atoms with E-state index in [1.54, 1.807) is 0 Å². The van der Waals surface area contributed by atoms with Crippen molar-refractivity contribution in [1.29, 1.82) is 0 Å². The number of carboxylic acids is 1. The summed E-state index contributed by atoms with van der Waals surface area (Å²) in [7, 11) is 0. The SMILES string of the molecule is CCCCCCC[C@H](O)[C@@H]([18OH])CCCCCCCC(=O)O. The Labute approximate surface area is 129 Å². The first-order chi connectivity index (χ1) is 10.1. The van der Waals surface area contributed by atoms with Crippen LogP contribution in [-0.4, -0.2) is 33.5 Å². The Bertz CT molecular complexity index is 243. The van der Waals surface area contributed by atoms with Crippen molar-refractivity contribution in [1.82, 2.24) is 0 Å². The number of aliphatic hydroxyl groups is 2. The van der Waals surface area contributed by atoms with Crippen molar-refractivity contribution < 1.29 is 20.1 Å². The summed E-state index contributed by atoms with van der Waals surface area (Å²) in [6, 6.07) is 0. The van der Waals surface area contributed by atoms with Gasteiger partial charge in [-0.05, 0) is 19.3 Å². The van der Waals surface area contributed by atoms with Crippen LogP contribution < -0.4 is 0 Å². The van der Waals surface area contributed by atoms with Gasteiger partial charge in [-0.3, -0.25) is 4.79 Å². The molecule has 0 fully saturated rings. The molecule has 0 aliphatic rings. The van der Waals surface area contributed by atoms with Crippen molar-refractivity contribution in [2.24, 2.45) is 0 Å². The van der Waals surface area contributed by atoms with Crippen LogP contribution in [-0.2, 0) is 4.79 Å². The molecule has 3 N–H and O–H groups in total. The van der Waals surface area contributed by atoms with E-state index in [0.717, 1.165) is 44.9 Å². The van der Waals surface area contributed by atoms with Crippen molar-refractivity contribution in [3.63, 3.8) is 0 Å². The molecule has 0 saturated heterocycles. The van der Waals surface area contributed by atoms with Crippen LogP contribution in [0.15, 0.2) is 0 Å². The molecule has 0 aliphatic heterocycles. The molecule has 0 aromatic rings. The van der Waals surface area contributed by atoms with E-state index in [4.69, 9.17) is 5.11 Å². The van der Waals surface area contributed by atoms with Gasteiger partial charge in [0.1, 0.15) is 0 Å². The standard InChI is InChI=1S/C17H34O4/c1-2-3-4-6-9-12-15(18)16(19)13-10-7-5-8-11-14-17(20)21/h15-16,18-19H,2-14H2,1H3,(H,20,21)/t15-,16-/m0/s1/i19+2. The van der Waals surface area contributed by atoms with E-state index in [9.17, 15) is 15.0 Å². The third-order valence-corrected chi connectivity index (χ3v) is 3.94. The maximum Gasteiger partial charge on any atom is 0.303 e. The quantitative estimate of drug-likeness (QED) is 0.317. The minimum absolute atomic E-state index is 0.249. The fourth-order valence-corrected chi connectivity index (χ4v) is 2.50. The van der Waals surface area contributed by atoms with Gasteiger partial charge in [0.25, 0.3) is 0 Å². The second-order valence-electron chi connectivity index (χ2n) is 6.04. The van der Waals surface area contributed by atoms with E-state index >= 15 is 0 Å². The lowest BCUT2D eigenvalue weighted by atomic mass is 10.0. The number of hydrogen-bond acceptors (Lipinski definition) is 3. The minimum atomic E-state index is -0.729. The molecule has 0 unspecified atom stereocenters. The fourth-order valence-electron chi connectivity index (χ4n) is 2.50. The van der Waals surface area contributed by atoms with Gasteiger partial charge in [-0.1, -0.05) is 64.7 Å². The normalized spacial score (nSPS) is 14.0. The van der Waals surface area contributed by atoms with Gasteiger partial charge < -0.3 is 15.3 Å². The zero-order valence-corrected chi connectivity index (χ0v) is 13.6. The molecule has 0 heterocycles. The third-order valence-electron chi connectivity index (χ3n) is 3.94. The predicted molar refractivity (Wildman–Crippen MR) is 85.3 cm³/mol. The first-order valence-electron chi connectivity index (χ1n) is 8.65. The molecule has 2 atom stereocenters. The first-order valence-corrected chi connectivity index (χ1v) is 8.65. The van der Waals surface area contributed by atoms with Crippen LogP contribution in [0.2, 0.25) is 0 Å². The highest BCUT2D eigenvalue weighted by Crippen LogP contribution is 2.14. The average Bonchev–Trinajstić information content (AvgIpc) is 2.45. The summed E-state index contributed by atoms with van der Waals surface area (Å²) in [5.41, 5.74) is 0. The number of carboxylic acid groups (broad SMARTS) is 1. The van der Waals surface area contributed by atoms with E-state index in [-0.39, 0.29) is 6.42 Å².